The summed E-state index contributed by atoms with van der Waals surface area (Å²) in [5.41, 5.74) is 1.20. The molecule has 2 aromatic heterocycles. The Hall–Kier alpha value is -1.20. The van der Waals surface area contributed by atoms with Crippen LogP contribution >= 0.6 is 11.3 Å². The van der Waals surface area contributed by atoms with Crippen LogP contribution < -0.4 is 5.32 Å². The zero-order chi connectivity index (χ0) is 11.4. The largest absolute Gasteiger partial charge is 0.311 e. The van der Waals surface area contributed by atoms with Crippen LogP contribution in [0.5, 0.6) is 0 Å². The van der Waals surface area contributed by atoms with Gasteiger partial charge in [-0.1, -0.05) is 0 Å². The van der Waals surface area contributed by atoms with Crippen molar-refractivity contribution in [1.29, 1.82) is 0 Å². The SMILES string of the molecule is Cc1cnc(CCNCc2ccnn2C)s1. The minimum atomic E-state index is 0.862. The Bertz CT molecular complexity index is 446. The molecule has 0 aliphatic rings. The number of hydrogen-bond acceptors (Lipinski definition) is 4. The normalized spacial score (nSPS) is 10.9. The van der Waals surface area contributed by atoms with Crippen LogP contribution in [0.4, 0.5) is 0 Å². The number of thiazole rings is 1. The molecule has 0 aliphatic heterocycles. The lowest BCUT2D eigenvalue weighted by Gasteiger charge is -2.03. The van der Waals surface area contributed by atoms with E-state index in [9.17, 15) is 0 Å². The van der Waals surface area contributed by atoms with Gasteiger partial charge in [0.25, 0.3) is 0 Å². The highest BCUT2D eigenvalue weighted by Gasteiger charge is 2.00. The summed E-state index contributed by atoms with van der Waals surface area (Å²) in [5.74, 6) is 0. The Labute approximate surface area is 99.3 Å². The summed E-state index contributed by atoms with van der Waals surface area (Å²) in [4.78, 5) is 5.61. The molecule has 0 fully saturated rings. The molecular formula is C11H16N4S. The van der Waals surface area contributed by atoms with Crippen LogP contribution in [0.25, 0.3) is 0 Å². The molecule has 0 saturated carbocycles. The van der Waals surface area contributed by atoms with Crippen molar-refractivity contribution in [3.63, 3.8) is 0 Å². The summed E-state index contributed by atoms with van der Waals surface area (Å²) >= 11 is 1.77. The maximum absolute atomic E-state index is 4.33. The van der Waals surface area contributed by atoms with Gasteiger partial charge in [-0.2, -0.15) is 5.10 Å². The zero-order valence-corrected chi connectivity index (χ0v) is 10.4. The van der Waals surface area contributed by atoms with E-state index >= 15 is 0 Å². The van der Waals surface area contributed by atoms with Crippen LogP contribution in [0.1, 0.15) is 15.6 Å². The molecule has 0 unspecified atom stereocenters. The first-order chi connectivity index (χ1) is 7.75. The molecule has 2 heterocycles. The van der Waals surface area contributed by atoms with Crippen molar-refractivity contribution in [3.8, 4) is 0 Å². The van der Waals surface area contributed by atoms with Gasteiger partial charge in [-0.3, -0.25) is 4.68 Å². The van der Waals surface area contributed by atoms with Gasteiger partial charge < -0.3 is 5.32 Å². The molecule has 5 heteroatoms. The van der Waals surface area contributed by atoms with Crippen molar-refractivity contribution in [2.45, 2.75) is 19.9 Å². The predicted octanol–water partition coefficient (Wildman–Crippen LogP) is 1.52. The first-order valence-electron chi connectivity index (χ1n) is 5.34. The Kier molecular flexibility index (Phi) is 3.69. The maximum atomic E-state index is 4.33. The molecule has 2 rings (SSSR count). The molecule has 86 valence electrons. The molecule has 0 aliphatic carbocycles. The van der Waals surface area contributed by atoms with E-state index in [1.54, 1.807) is 11.3 Å². The third-order valence-corrected chi connectivity index (χ3v) is 3.39. The number of aromatic nitrogens is 3. The molecule has 0 atom stereocenters. The summed E-state index contributed by atoms with van der Waals surface area (Å²) in [7, 11) is 1.96. The van der Waals surface area contributed by atoms with Crippen LogP contribution in [0.2, 0.25) is 0 Å². The molecule has 1 N–H and O–H groups in total. The number of aryl methyl sites for hydroxylation is 2. The third-order valence-electron chi connectivity index (χ3n) is 2.41. The molecule has 4 nitrogen and oxygen atoms in total. The van der Waals surface area contributed by atoms with Gasteiger partial charge in [0.2, 0.25) is 0 Å². The van der Waals surface area contributed by atoms with Gasteiger partial charge in [0, 0.05) is 43.8 Å². The third kappa shape index (κ3) is 2.90. The van der Waals surface area contributed by atoms with Crippen molar-refractivity contribution in [1.82, 2.24) is 20.1 Å². The Morgan fingerprint density at radius 2 is 2.38 bits per heavy atom. The second kappa shape index (κ2) is 5.23. The van der Waals surface area contributed by atoms with Crippen LogP contribution in [0.15, 0.2) is 18.5 Å². The fourth-order valence-corrected chi connectivity index (χ4v) is 2.29. The van der Waals surface area contributed by atoms with Gasteiger partial charge in [-0.15, -0.1) is 11.3 Å². The lowest BCUT2D eigenvalue weighted by molar-refractivity contribution is 0.625. The lowest BCUT2D eigenvalue weighted by Crippen LogP contribution is -2.18. The summed E-state index contributed by atoms with van der Waals surface area (Å²) in [5, 5.41) is 8.72. The van der Waals surface area contributed by atoms with Gasteiger partial charge >= 0.3 is 0 Å². The second-order valence-corrected chi connectivity index (χ2v) is 5.06. The predicted molar refractivity (Wildman–Crippen MR) is 65.5 cm³/mol. The smallest absolute Gasteiger partial charge is 0.0940 e. The topological polar surface area (TPSA) is 42.7 Å². The molecule has 0 aromatic carbocycles. The van der Waals surface area contributed by atoms with E-state index in [0.717, 1.165) is 19.5 Å². The van der Waals surface area contributed by atoms with Crippen molar-refractivity contribution < 1.29 is 0 Å². The van der Waals surface area contributed by atoms with Crippen molar-refractivity contribution >= 4 is 11.3 Å². The molecule has 16 heavy (non-hydrogen) atoms. The quantitative estimate of drug-likeness (QED) is 0.800. The maximum Gasteiger partial charge on any atom is 0.0940 e. The van der Waals surface area contributed by atoms with Crippen LogP contribution in [0.3, 0.4) is 0 Å². The monoisotopic (exact) mass is 236 g/mol. The van der Waals surface area contributed by atoms with Crippen LogP contribution in [-0.2, 0) is 20.0 Å². The second-order valence-electron chi connectivity index (χ2n) is 3.74. The molecular weight excluding hydrogens is 220 g/mol. The van der Waals surface area contributed by atoms with Gasteiger partial charge in [-0.25, -0.2) is 4.98 Å². The van der Waals surface area contributed by atoms with Gasteiger partial charge in [0.1, 0.15) is 0 Å². The minimum absolute atomic E-state index is 0.862. The zero-order valence-electron chi connectivity index (χ0n) is 9.60. The van der Waals surface area contributed by atoms with Crippen LogP contribution in [0, 0.1) is 6.92 Å². The van der Waals surface area contributed by atoms with Crippen molar-refractivity contribution in [2.75, 3.05) is 6.54 Å². The lowest BCUT2D eigenvalue weighted by atomic mass is 10.4. The van der Waals surface area contributed by atoms with Crippen molar-refractivity contribution in [3.05, 3.63) is 34.0 Å². The van der Waals surface area contributed by atoms with E-state index in [1.807, 2.05) is 30.2 Å². The number of hydrogen-bond donors (Lipinski definition) is 1. The Morgan fingerprint density at radius 3 is 3.00 bits per heavy atom. The molecule has 0 radical (unpaired) electrons. The highest BCUT2D eigenvalue weighted by molar-refractivity contribution is 7.11. The summed E-state index contributed by atoms with van der Waals surface area (Å²) < 4.78 is 1.89. The molecule has 0 saturated heterocycles. The number of nitrogens with one attached hydrogen (secondary N) is 1. The van der Waals surface area contributed by atoms with E-state index in [1.165, 1.54) is 15.6 Å². The Balaban J connectivity index is 1.71. The summed E-state index contributed by atoms with van der Waals surface area (Å²) in [6, 6.07) is 2.03. The van der Waals surface area contributed by atoms with E-state index in [4.69, 9.17) is 0 Å². The fraction of sp³-hybridized carbons (Fsp3) is 0.455. The standard InChI is InChI=1S/C11H16N4S/c1-9-7-13-11(16-9)4-5-12-8-10-3-6-14-15(10)2/h3,6-7,12H,4-5,8H2,1-2H3. The summed E-state index contributed by atoms with van der Waals surface area (Å²) in [6.45, 7) is 3.91. The molecule has 0 bridgehead atoms. The van der Waals surface area contributed by atoms with E-state index in [2.05, 4.69) is 22.3 Å². The van der Waals surface area contributed by atoms with Gasteiger partial charge in [0.15, 0.2) is 0 Å². The van der Waals surface area contributed by atoms with E-state index < -0.39 is 0 Å². The first kappa shape index (κ1) is 11.3. The average Bonchev–Trinajstić information content (AvgIpc) is 2.83. The van der Waals surface area contributed by atoms with Crippen LogP contribution in [-0.4, -0.2) is 21.3 Å². The molecule has 2 aromatic rings. The number of rotatable bonds is 5. The van der Waals surface area contributed by atoms with Gasteiger partial charge in [0.05, 0.1) is 10.7 Å². The van der Waals surface area contributed by atoms with Gasteiger partial charge in [-0.05, 0) is 13.0 Å². The highest BCUT2D eigenvalue weighted by atomic mass is 32.1. The average molecular weight is 236 g/mol. The van der Waals surface area contributed by atoms with E-state index in [-0.39, 0.29) is 0 Å². The van der Waals surface area contributed by atoms with E-state index in [0.29, 0.717) is 0 Å². The Morgan fingerprint density at radius 1 is 1.50 bits per heavy atom. The fourth-order valence-electron chi connectivity index (χ4n) is 1.50. The van der Waals surface area contributed by atoms with Crippen molar-refractivity contribution in [2.24, 2.45) is 7.05 Å². The summed E-state index contributed by atoms with van der Waals surface area (Å²) in [6.07, 6.45) is 4.75. The molecule has 0 spiro atoms. The molecule has 0 amide bonds. The first-order valence-corrected chi connectivity index (χ1v) is 6.16. The number of nitrogens with zero attached hydrogens (tertiary/aromatic N) is 3. The minimum Gasteiger partial charge on any atom is -0.311 e. The highest BCUT2D eigenvalue weighted by Crippen LogP contribution is 2.10.